The van der Waals surface area contributed by atoms with Crippen molar-refractivity contribution in [2.24, 2.45) is 0 Å². The van der Waals surface area contributed by atoms with Gasteiger partial charge in [0.2, 0.25) is 5.78 Å². The van der Waals surface area contributed by atoms with E-state index in [1.54, 1.807) is 48.5 Å². The second-order valence-corrected chi connectivity index (χ2v) is 4.66. The van der Waals surface area contributed by atoms with Crippen molar-refractivity contribution in [1.82, 2.24) is 0 Å². The summed E-state index contributed by atoms with van der Waals surface area (Å²) in [6.45, 7) is 0. The van der Waals surface area contributed by atoms with Gasteiger partial charge in [0.25, 0.3) is 5.91 Å². The molecule has 2 aromatic carbocycles. The largest absolute Gasteiger partial charge is 0.507 e. The number of benzene rings is 2. The van der Waals surface area contributed by atoms with Gasteiger partial charge in [-0.1, -0.05) is 48.0 Å². The molecule has 0 aliphatic rings. The molecule has 0 saturated heterocycles. The molecule has 0 radical (unpaired) electrons. The third kappa shape index (κ3) is 4.19. The van der Waals surface area contributed by atoms with Crippen molar-refractivity contribution in [3.05, 3.63) is 71.3 Å². The molecule has 0 unspecified atom stereocenters. The molecule has 21 heavy (non-hydrogen) atoms. The van der Waals surface area contributed by atoms with Crippen LogP contribution in [0, 0.1) is 0 Å². The summed E-state index contributed by atoms with van der Waals surface area (Å²) in [5, 5.41) is 12.6. The summed E-state index contributed by atoms with van der Waals surface area (Å²) in [5.74, 6) is -1.96. The summed E-state index contributed by atoms with van der Waals surface area (Å²) in [5.41, 5.74) is 0.870. The fourth-order valence-corrected chi connectivity index (χ4v) is 1.83. The van der Waals surface area contributed by atoms with Crippen molar-refractivity contribution in [3.63, 3.8) is 0 Å². The molecule has 0 saturated carbocycles. The lowest BCUT2D eigenvalue weighted by atomic mass is 10.1. The minimum atomic E-state index is -0.851. The average molecular weight is 302 g/mol. The quantitative estimate of drug-likeness (QED) is 0.516. The van der Waals surface area contributed by atoms with Gasteiger partial charge >= 0.3 is 0 Å². The lowest BCUT2D eigenvalue weighted by Crippen LogP contribution is -2.21. The van der Waals surface area contributed by atoms with E-state index in [0.29, 0.717) is 16.3 Å². The first-order chi connectivity index (χ1) is 10.1. The summed E-state index contributed by atoms with van der Waals surface area (Å²) in [6, 6.07) is 14.9. The van der Waals surface area contributed by atoms with E-state index in [9.17, 15) is 14.7 Å². The van der Waals surface area contributed by atoms with Gasteiger partial charge in [0.1, 0.15) is 5.76 Å². The number of hydrogen-bond acceptors (Lipinski definition) is 3. The van der Waals surface area contributed by atoms with Crippen molar-refractivity contribution in [3.8, 4) is 0 Å². The number of hydrogen-bond donors (Lipinski definition) is 2. The number of amides is 1. The molecule has 106 valence electrons. The molecule has 0 aromatic heterocycles. The van der Waals surface area contributed by atoms with Gasteiger partial charge in [-0.2, -0.15) is 0 Å². The summed E-state index contributed by atoms with van der Waals surface area (Å²) in [7, 11) is 0. The molecule has 0 aliphatic heterocycles. The predicted molar refractivity (Wildman–Crippen MR) is 82.1 cm³/mol. The molecule has 0 heterocycles. The van der Waals surface area contributed by atoms with Gasteiger partial charge in [0.05, 0.1) is 0 Å². The maximum Gasteiger partial charge on any atom is 0.296 e. The molecule has 0 bridgehead atoms. The lowest BCUT2D eigenvalue weighted by molar-refractivity contribution is -0.131. The van der Waals surface area contributed by atoms with Crippen LogP contribution in [0.2, 0.25) is 5.02 Å². The molecule has 1 amide bonds. The Balaban J connectivity index is 2.08. The van der Waals surface area contributed by atoms with Crippen molar-refractivity contribution in [2.45, 2.75) is 0 Å². The van der Waals surface area contributed by atoms with Gasteiger partial charge in [0, 0.05) is 22.3 Å². The maximum absolute atomic E-state index is 11.7. The van der Waals surface area contributed by atoms with Crippen LogP contribution in [-0.4, -0.2) is 16.8 Å². The molecule has 0 atom stereocenters. The number of aliphatic hydroxyl groups is 1. The minimum Gasteiger partial charge on any atom is -0.507 e. The number of carbonyl (C=O) groups is 2. The Morgan fingerprint density at radius 1 is 1.05 bits per heavy atom. The number of halogens is 1. The minimum absolute atomic E-state index is 0.262. The summed E-state index contributed by atoms with van der Waals surface area (Å²) < 4.78 is 0. The highest BCUT2D eigenvalue weighted by Crippen LogP contribution is 2.15. The van der Waals surface area contributed by atoms with Gasteiger partial charge < -0.3 is 10.4 Å². The van der Waals surface area contributed by atoms with E-state index < -0.39 is 11.7 Å². The first-order valence-corrected chi connectivity index (χ1v) is 6.51. The fraction of sp³-hybridized carbons (Fsp3) is 0. The van der Waals surface area contributed by atoms with E-state index in [-0.39, 0.29) is 5.76 Å². The van der Waals surface area contributed by atoms with Crippen LogP contribution in [0.25, 0.3) is 5.76 Å². The Kier molecular flexibility index (Phi) is 4.74. The van der Waals surface area contributed by atoms with Gasteiger partial charge in [-0.15, -0.1) is 0 Å². The molecule has 2 aromatic rings. The maximum atomic E-state index is 11.7. The zero-order valence-electron chi connectivity index (χ0n) is 10.9. The summed E-state index contributed by atoms with van der Waals surface area (Å²) in [6.07, 6.45) is 0.884. The van der Waals surface area contributed by atoms with E-state index in [1.165, 1.54) is 6.07 Å². The van der Waals surface area contributed by atoms with Gasteiger partial charge in [-0.3, -0.25) is 9.59 Å². The zero-order valence-corrected chi connectivity index (χ0v) is 11.7. The topological polar surface area (TPSA) is 66.4 Å². The van der Waals surface area contributed by atoms with Crippen LogP contribution in [0.5, 0.6) is 0 Å². The molecule has 0 aliphatic carbocycles. The molecule has 4 nitrogen and oxygen atoms in total. The normalized spacial score (nSPS) is 11.0. The molecule has 2 N–H and O–H groups in total. The highest BCUT2D eigenvalue weighted by atomic mass is 35.5. The predicted octanol–water partition coefficient (Wildman–Crippen LogP) is 3.45. The summed E-state index contributed by atoms with van der Waals surface area (Å²) in [4.78, 5) is 23.5. The van der Waals surface area contributed by atoms with E-state index >= 15 is 0 Å². The Bertz CT molecular complexity index is 696. The van der Waals surface area contributed by atoms with Crippen molar-refractivity contribution >= 4 is 34.7 Å². The molecular formula is C16H12ClNO3. The van der Waals surface area contributed by atoms with Crippen LogP contribution < -0.4 is 5.32 Å². The molecule has 0 fully saturated rings. The third-order valence-electron chi connectivity index (χ3n) is 2.64. The van der Waals surface area contributed by atoms with Gasteiger partial charge in [-0.25, -0.2) is 0 Å². The van der Waals surface area contributed by atoms with Crippen LogP contribution in [0.15, 0.2) is 60.7 Å². The number of carbonyl (C=O) groups excluding carboxylic acids is 2. The smallest absolute Gasteiger partial charge is 0.296 e. The van der Waals surface area contributed by atoms with Crippen molar-refractivity contribution in [1.29, 1.82) is 0 Å². The first kappa shape index (κ1) is 14.8. The Labute approximate surface area is 126 Å². The number of aliphatic hydroxyl groups excluding tert-OH is 1. The zero-order chi connectivity index (χ0) is 15.2. The number of anilines is 1. The molecule has 2 rings (SSSR count). The average Bonchev–Trinajstić information content (AvgIpc) is 2.48. The van der Waals surface area contributed by atoms with Crippen LogP contribution in [0.4, 0.5) is 5.69 Å². The van der Waals surface area contributed by atoms with Crippen LogP contribution in [-0.2, 0) is 9.59 Å². The van der Waals surface area contributed by atoms with Crippen LogP contribution in [0.1, 0.15) is 5.56 Å². The van der Waals surface area contributed by atoms with E-state index in [0.717, 1.165) is 6.08 Å². The highest BCUT2D eigenvalue weighted by molar-refractivity contribution is 6.45. The Morgan fingerprint density at radius 2 is 1.76 bits per heavy atom. The van der Waals surface area contributed by atoms with Gasteiger partial charge in [0.15, 0.2) is 0 Å². The molecular weight excluding hydrogens is 290 g/mol. The van der Waals surface area contributed by atoms with Crippen molar-refractivity contribution < 1.29 is 14.7 Å². The summed E-state index contributed by atoms with van der Waals surface area (Å²) >= 11 is 5.78. The second-order valence-electron chi connectivity index (χ2n) is 4.22. The lowest BCUT2D eigenvalue weighted by Gasteiger charge is -2.03. The van der Waals surface area contributed by atoms with Crippen molar-refractivity contribution in [2.75, 3.05) is 5.32 Å². The Hall–Kier alpha value is -2.59. The third-order valence-corrected chi connectivity index (χ3v) is 2.88. The number of rotatable bonds is 4. The SMILES string of the molecule is O=C(/C=C(\O)c1ccccc1)C(=O)Nc1cccc(Cl)c1. The monoisotopic (exact) mass is 301 g/mol. The second kappa shape index (κ2) is 6.72. The van der Waals surface area contributed by atoms with Crippen LogP contribution in [0.3, 0.4) is 0 Å². The number of ketones is 1. The first-order valence-electron chi connectivity index (χ1n) is 6.13. The van der Waals surface area contributed by atoms with E-state index in [4.69, 9.17) is 11.6 Å². The van der Waals surface area contributed by atoms with Gasteiger partial charge in [-0.05, 0) is 18.2 Å². The standard InChI is InChI=1S/C16H12ClNO3/c17-12-7-4-8-13(9-12)18-16(21)15(20)10-14(19)11-5-2-1-3-6-11/h1-10,19H,(H,18,21)/b14-10-. The van der Waals surface area contributed by atoms with E-state index in [1.807, 2.05) is 0 Å². The Morgan fingerprint density at radius 3 is 2.43 bits per heavy atom. The highest BCUT2D eigenvalue weighted by Gasteiger charge is 2.13. The number of nitrogens with one attached hydrogen (secondary N) is 1. The fourth-order valence-electron chi connectivity index (χ4n) is 1.64. The molecule has 5 heteroatoms. The molecule has 0 spiro atoms. The van der Waals surface area contributed by atoms with Crippen LogP contribution >= 0.6 is 11.6 Å². The van der Waals surface area contributed by atoms with E-state index in [2.05, 4.69) is 5.32 Å².